The molecule has 0 aliphatic carbocycles. The number of aliphatic imine (C=N–C) groups is 1. The van der Waals surface area contributed by atoms with Crippen LogP contribution in [-0.2, 0) is 6.54 Å². The highest BCUT2D eigenvalue weighted by Crippen LogP contribution is 2.04. The molecular weight excluding hydrogens is 262 g/mol. The maximum absolute atomic E-state index is 9.10. The van der Waals surface area contributed by atoms with Crippen LogP contribution in [0.1, 0.15) is 37.8 Å². The van der Waals surface area contributed by atoms with Gasteiger partial charge < -0.3 is 15.7 Å². The SMILES string of the molecule is CCCCNC(=NCc1ccc(C)cc1)NCC(C)CO. The molecule has 118 valence electrons. The van der Waals surface area contributed by atoms with Crippen LogP contribution in [0, 0.1) is 12.8 Å². The zero-order valence-electron chi connectivity index (χ0n) is 13.5. The summed E-state index contributed by atoms with van der Waals surface area (Å²) in [5, 5.41) is 15.7. The lowest BCUT2D eigenvalue weighted by molar-refractivity contribution is 0.238. The number of unbranched alkanes of at least 4 members (excludes halogenated alkanes) is 1. The average Bonchev–Trinajstić information content (AvgIpc) is 2.50. The molecule has 1 aromatic rings. The molecule has 0 saturated heterocycles. The molecule has 3 N–H and O–H groups in total. The Balaban J connectivity index is 2.55. The molecular formula is C17H29N3O. The second-order valence-corrected chi connectivity index (χ2v) is 5.60. The molecule has 4 nitrogen and oxygen atoms in total. The van der Waals surface area contributed by atoms with Gasteiger partial charge >= 0.3 is 0 Å². The maximum Gasteiger partial charge on any atom is 0.191 e. The Morgan fingerprint density at radius 1 is 1.24 bits per heavy atom. The fourth-order valence-corrected chi connectivity index (χ4v) is 1.76. The molecule has 0 radical (unpaired) electrons. The molecule has 0 heterocycles. The summed E-state index contributed by atoms with van der Waals surface area (Å²) in [5.74, 6) is 1.05. The Labute approximate surface area is 128 Å². The van der Waals surface area contributed by atoms with E-state index >= 15 is 0 Å². The van der Waals surface area contributed by atoms with Gasteiger partial charge in [0.2, 0.25) is 0 Å². The highest BCUT2D eigenvalue weighted by atomic mass is 16.3. The van der Waals surface area contributed by atoms with Crippen LogP contribution >= 0.6 is 0 Å². The minimum Gasteiger partial charge on any atom is -0.396 e. The molecule has 0 bridgehead atoms. The van der Waals surface area contributed by atoms with Crippen LogP contribution in [0.2, 0.25) is 0 Å². The van der Waals surface area contributed by atoms with Crippen molar-refractivity contribution in [3.8, 4) is 0 Å². The average molecular weight is 291 g/mol. The zero-order valence-corrected chi connectivity index (χ0v) is 13.5. The molecule has 0 amide bonds. The number of nitrogens with zero attached hydrogens (tertiary/aromatic N) is 1. The van der Waals surface area contributed by atoms with Crippen molar-refractivity contribution in [1.29, 1.82) is 0 Å². The fraction of sp³-hybridized carbons (Fsp3) is 0.588. The highest BCUT2D eigenvalue weighted by molar-refractivity contribution is 5.79. The predicted molar refractivity (Wildman–Crippen MR) is 89.5 cm³/mol. The van der Waals surface area contributed by atoms with Gasteiger partial charge in [-0.15, -0.1) is 0 Å². The summed E-state index contributed by atoms with van der Waals surface area (Å²) >= 11 is 0. The lowest BCUT2D eigenvalue weighted by Gasteiger charge is -2.15. The van der Waals surface area contributed by atoms with Crippen molar-refractivity contribution >= 4 is 5.96 Å². The number of aryl methyl sites for hydroxylation is 1. The largest absolute Gasteiger partial charge is 0.396 e. The van der Waals surface area contributed by atoms with Crippen LogP contribution in [0.15, 0.2) is 29.3 Å². The number of hydrogen-bond acceptors (Lipinski definition) is 2. The first kappa shape index (κ1) is 17.5. The van der Waals surface area contributed by atoms with E-state index in [0.717, 1.165) is 31.9 Å². The Morgan fingerprint density at radius 2 is 1.95 bits per heavy atom. The molecule has 0 aliphatic heterocycles. The van der Waals surface area contributed by atoms with Gasteiger partial charge in [-0.1, -0.05) is 50.1 Å². The van der Waals surface area contributed by atoms with Gasteiger partial charge in [0.05, 0.1) is 6.54 Å². The second-order valence-electron chi connectivity index (χ2n) is 5.60. The lowest BCUT2D eigenvalue weighted by atomic mass is 10.1. The standard InChI is InChI=1S/C17H29N3O/c1-4-5-10-18-17(19-11-15(3)13-21)20-12-16-8-6-14(2)7-9-16/h6-9,15,21H,4-5,10-13H2,1-3H3,(H2,18,19,20). The van der Waals surface area contributed by atoms with Crippen LogP contribution in [-0.4, -0.2) is 30.8 Å². The van der Waals surface area contributed by atoms with E-state index in [1.807, 2.05) is 6.92 Å². The predicted octanol–water partition coefficient (Wildman–Crippen LogP) is 2.46. The summed E-state index contributed by atoms with van der Waals surface area (Å²) in [6.07, 6.45) is 2.28. The van der Waals surface area contributed by atoms with Crippen molar-refractivity contribution in [2.45, 2.75) is 40.2 Å². The van der Waals surface area contributed by atoms with Crippen molar-refractivity contribution in [3.05, 3.63) is 35.4 Å². The summed E-state index contributed by atoms with van der Waals surface area (Å²) in [4.78, 5) is 4.61. The summed E-state index contributed by atoms with van der Waals surface area (Å²) in [7, 11) is 0. The monoisotopic (exact) mass is 291 g/mol. The van der Waals surface area contributed by atoms with Crippen molar-refractivity contribution in [3.63, 3.8) is 0 Å². The minimum atomic E-state index is 0.188. The maximum atomic E-state index is 9.10. The van der Waals surface area contributed by atoms with Gasteiger partial charge in [0.15, 0.2) is 5.96 Å². The van der Waals surface area contributed by atoms with Gasteiger partial charge in [0.25, 0.3) is 0 Å². The van der Waals surface area contributed by atoms with Crippen molar-refractivity contribution in [2.75, 3.05) is 19.7 Å². The van der Waals surface area contributed by atoms with Gasteiger partial charge in [-0.25, -0.2) is 4.99 Å². The number of benzene rings is 1. The number of rotatable bonds is 8. The smallest absolute Gasteiger partial charge is 0.191 e. The quantitative estimate of drug-likeness (QED) is 0.392. The first-order valence-corrected chi connectivity index (χ1v) is 7.84. The fourth-order valence-electron chi connectivity index (χ4n) is 1.76. The molecule has 21 heavy (non-hydrogen) atoms. The molecule has 1 aromatic carbocycles. The minimum absolute atomic E-state index is 0.188. The lowest BCUT2D eigenvalue weighted by Crippen LogP contribution is -2.40. The van der Waals surface area contributed by atoms with Crippen molar-refractivity contribution in [1.82, 2.24) is 10.6 Å². The van der Waals surface area contributed by atoms with Crippen LogP contribution < -0.4 is 10.6 Å². The summed E-state index contributed by atoms with van der Waals surface area (Å²) < 4.78 is 0. The van der Waals surface area contributed by atoms with E-state index in [1.54, 1.807) is 0 Å². The molecule has 0 spiro atoms. The van der Waals surface area contributed by atoms with Crippen LogP contribution in [0.3, 0.4) is 0 Å². The molecule has 0 aromatic heterocycles. The number of aliphatic hydroxyl groups excluding tert-OH is 1. The van der Waals surface area contributed by atoms with Gasteiger partial charge in [0.1, 0.15) is 0 Å². The molecule has 1 rings (SSSR count). The summed E-state index contributed by atoms with van der Waals surface area (Å²) in [6, 6.07) is 8.43. The van der Waals surface area contributed by atoms with E-state index in [4.69, 9.17) is 5.11 Å². The molecule has 1 unspecified atom stereocenters. The van der Waals surface area contributed by atoms with Crippen LogP contribution in [0.5, 0.6) is 0 Å². The van der Waals surface area contributed by atoms with E-state index in [1.165, 1.54) is 11.1 Å². The Hall–Kier alpha value is -1.55. The molecule has 0 fully saturated rings. The number of guanidine groups is 1. The molecule has 1 atom stereocenters. The van der Waals surface area contributed by atoms with Gasteiger partial charge in [-0.05, 0) is 24.8 Å². The summed E-state index contributed by atoms with van der Waals surface area (Å²) in [5.41, 5.74) is 2.46. The molecule has 0 saturated carbocycles. The van der Waals surface area contributed by atoms with E-state index in [0.29, 0.717) is 6.54 Å². The van der Waals surface area contributed by atoms with E-state index in [-0.39, 0.29) is 12.5 Å². The van der Waals surface area contributed by atoms with E-state index in [2.05, 4.69) is 53.7 Å². The van der Waals surface area contributed by atoms with Gasteiger partial charge in [0, 0.05) is 19.7 Å². The third-order valence-corrected chi connectivity index (χ3v) is 3.29. The zero-order chi connectivity index (χ0) is 15.5. The van der Waals surface area contributed by atoms with Crippen molar-refractivity contribution < 1.29 is 5.11 Å². The third-order valence-electron chi connectivity index (χ3n) is 3.29. The van der Waals surface area contributed by atoms with E-state index in [9.17, 15) is 0 Å². The molecule has 0 aliphatic rings. The third kappa shape index (κ3) is 7.71. The topological polar surface area (TPSA) is 56.7 Å². The van der Waals surface area contributed by atoms with E-state index < -0.39 is 0 Å². The summed E-state index contributed by atoms with van der Waals surface area (Å²) in [6.45, 7) is 8.76. The highest BCUT2D eigenvalue weighted by Gasteiger charge is 2.03. The second kappa shape index (κ2) is 10.2. The van der Waals surface area contributed by atoms with Crippen LogP contribution in [0.25, 0.3) is 0 Å². The number of aliphatic hydroxyl groups is 1. The molecule has 4 heteroatoms. The first-order chi connectivity index (χ1) is 10.2. The number of hydrogen-bond donors (Lipinski definition) is 3. The van der Waals surface area contributed by atoms with Crippen LogP contribution in [0.4, 0.5) is 0 Å². The first-order valence-electron chi connectivity index (χ1n) is 7.84. The number of nitrogens with one attached hydrogen (secondary N) is 2. The Kier molecular flexibility index (Phi) is 8.51. The van der Waals surface area contributed by atoms with Gasteiger partial charge in [-0.2, -0.15) is 0 Å². The van der Waals surface area contributed by atoms with Gasteiger partial charge in [-0.3, -0.25) is 0 Å². The van der Waals surface area contributed by atoms with Crippen molar-refractivity contribution in [2.24, 2.45) is 10.9 Å². The Morgan fingerprint density at radius 3 is 2.57 bits per heavy atom. The Bertz CT molecular complexity index is 415. The normalized spacial score (nSPS) is 13.0.